The van der Waals surface area contributed by atoms with Gasteiger partial charge in [0.05, 0.1) is 11.4 Å². The zero-order valence-corrected chi connectivity index (χ0v) is 15.3. The Morgan fingerprint density at radius 2 is 0.857 bits per heavy atom. The molecule has 0 N–H and O–H groups in total. The summed E-state index contributed by atoms with van der Waals surface area (Å²) in [6, 6.07) is 19.5. The monoisotopic (exact) mass is 364 g/mol. The number of aromatic nitrogens is 4. The van der Waals surface area contributed by atoms with Gasteiger partial charge in [0.25, 0.3) is 0 Å². The van der Waals surface area contributed by atoms with Crippen LogP contribution in [0.3, 0.4) is 0 Å². The Morgan fingerprint density at radius 1 is 0.429 bits per heavy atom. The van der Waals surface area contributed by atoms with Crippen LogP contribution in [0.5, 0.6) is 0 Å². The summed E-state index contributed by atoms with van der Waals surface area (Å²) in [5.74, 6) is 0. The van der Waals surface area contributed by atoms with E-state index in [0.29, 0.717) is 0 Å². The molecule has 0 spiro atoms. The summed E-state index contributed by atoms with van der Waals surface area (Å²) in [7, 11) is 0. The van der Waals surface area contributed by atoms with Crippen LogP contribution in [0.4, 0.5) is 0 Å². The van der Waals surface area contributed by atoms with Crippen LogP contribution >= 0.6 is 0 Å². The van der Waals surface area contributed by atoms with Crippen LogP contribution in [0.2, 0.25) is 0 Å². The molecule has 4 aromatic rings. The maximum atomic E-state index is 4.18. The SMILES string of the molecule is C(=Cc1ccccn1)c1ccccn1.C(=Cc1ccncc1)c1ccncc1. The van der Waals surface area contributed by atoms with E-state index in [2.05, 4.69) is 32.1 Å². The second-order valence-corrected chi connectivity index (χ2v) is 5.74. The van der Waals surface area contributed by atoms with Gasteiger partial charge in [-0.1, -0.05) is 24.3 Å². The fraction of sp³-hybridized carbons (Fsp3) is 0. The highest BCUT2D eigenvalue weighted by Gasteiger charge is 1.87. The molecule has 0 aliphatic carbocycles. The lowest BCUT2D eigenvalue weighted by Gasteiger charge is -1.92. The lowest BCUT2D eigenvalue weighted by molar-refractivity contribution is 1.28. The molecule has 0 unspecified atom stereocenters. The highest BCUT2D eigenvalue weighted by molar-refractivity contribution is 5.69. The van der Waals surface area contributed by atoms with E-state index in [1.54, 1.807) is 37.2 Å². The van der Waals surface area contributed by atoms with Crippen LogP contribution in [0.25, 0.3) is 24.3 Å². The molecular formula is C24H20N4. The highest BCUT2D eigenvalue weighted by Crippen LogP contribution is 2.05. The molecule has 0 aliphatic rings. The van der Waals surface area contributed by atoms with E-state index in [-0.39, 0.29) is 0 Å². The minimum absolute atomic E-state index is 0.943. The second-order valence-electron chi connectivity index (χ2n) is 5.74. The van der Waals surface area contributed by atoms with Gasteiger partial charge in [-0.05, 0) is 71.8 Å². The molecule has 4 aromatic heterocycles. The Labute approximate surface area is 165 Å². The van der Waals surface area contributed by atoms with E-state index in [1.807, 2.05) is 72.8 Å². The molecule has 0 radical (unpaired) electrons. The van der Waals surface area contributed by atoms with Gasteiger partial charge in [-0.15, -0.1) is 0 Å². The molecule has 0 saturated carbocycles. The Kier molecular flexibility index (Phi) is 7.36. The third-order valence-electron chi connectivity index (χ3n) is 3.68. The Balaban J connectivity index is 0.000000161. The average Bonchev–Trinajstić information content (AvgIpc) is 2.80. The quantitative estimate of drug-likeness (QED) is 0.493. The maximum Gasteiger partial charge on any atom is 0.0630 e. The van der Waals surface area contributed by atoms with E-state index >= 15 is 0 Å². The van der Waals surface area contributed by atoms with E-state index in [4.69, 9.17) is 0 Å². The maximum absolute atomic E-state index is 4.18. The zero-order chi connectivity index (χ0) is 19.3. The van der Waals surface area contributed by atoms with E-state index in [9.17, 15) is 0 Å². The summed E-state index contributed by atoms with van der Waals surface area (Å²) in [5.41, 5.74) is 4.19. The summed E-state index contributed by atoms with van der Waals surface area (Å²) < 4.78 is 0. The number of pyridine rings is 4. The van der Waals surface area contributed by atoms with E-state index in [1.165, 1.54) is 0 Å². The van der Waals surface area contributed by atoms with Crippen LogP contribution in [0.15, 0.2) is 97.8 Å². The minimum atomic E-state index is 0.943. The molecular weight excluding hydrogens is 344 g/mol. The first-order chi connectivity index (χ1) is 13.9. The van der Waals surface area contributed by atoms with Gasteiger partial charge in [-0.2, -0.15) is 0 Å². The fourth-order valence-corrected chi connectivity index (χ4v) is 2.26. The van der Waals surface area contributed by atoms with Crippen molar-refractivity contribution in [2.75, 3.05) is 0 Å². The Bertz CT molecular complexity index is 816. The largest absolute Gasteiger partial charge is 0.265 e. The third-order valence-corrected chi connectivity index (χ3v) is 3.68. The lowest BCUT2D eigenvalue weighted by Crippen LogP contribution is -1.79. The van der Waals surface area contributed by atoms with Crippen molar-refractivity contribution >= 4 is 24.3 Å². The van der Waals surface area contributed by atoms with Gasteiger partial charge in [-0.25, -0.2) is 0 Å². The van der Waals surface area contributed by atoms with Gasteiger partial charge in [0, 0.05) is 37.2 Å². The Hall–Kier alpha value is -3.92. The summed E-state index contributed by atoms with van der Waals surface area (Å²) >= 11 is 0. The van der Waals surface area contributed by atoms with Crippen molar-refractivity contribution in [3.63, 3.8) is 0 Å². The van der Waals surface area contributed by atoms with Crippen molar-refractivity contribution in [3.05, 3.63) is 120 Å². The molecule has 0 aliphatic heterocycles. The fourth-order valence-electron chi connectivity index (χ4n) is 2.26. The predicted octanol–water partition coefficient (Wildman–Crippen LogP) is 5.29. The molecule has 4 heteroatoms. The number of rotatable bonds is 4. The van der Waals surface area contributed by atoms with Crippen LogP contribution in [0, 0.1) is 0 Å². The first-order valence-electron chi connectivity index (χ1n) is 8.88. The molecule has 28 heavy (non-hydrogen) atoms. The van der Waals surface area contributed by atoms with Crippen LogP contribution in [-0.4, -0.2) is 19.9 Å². The molecule has 0 amide bonds. The molecule has 4 nitrogen and oxygen atoms in total. The normalized spacial score (nSPS) is 10.6. The van der Waals surface area contributed by atoms with Gasteiger partial charge in [0.2, 0.25) is 0 Å². The van der Waals surface area contributed by atoms with Crippen molar-refractivity contribution in [2.24, 2.45) is 0 Å². The van der Waals surface area contributed by atoms with Crippen molar-refractivity contribution < 1.29 is 0 Å². The number of hydrogen-bond donors (Lipinski definition) is 0. The zero-order valence-electron chi connectivity index (χ0n) is 15.3. The summed E-state index contributed by atoms with van der Waals surface area (Å²) in [4.78, 5) is 16.3. The van der Waals surface area contributed by atoms with E-state index in [0.717, 1.165) is 22.5 Å². The van der Waals surface area contributed by atoms with Gasteiger partial charge >= 0.3 is 0 Å². The van der Waals surface area contributed by atoms with Gasteiger partial charge in [0.15, 0.2) is 0 Å². The van der Waals surface area contributed by atoms with Crippen LogP contribution in [0.1, 0.15) is 22.5 Å². The lowest BCUT2D eigenvalue weighted by atomic mass is 10.2. The predicted molar refractivity (Wildman–Crippen MR) is 115 cm³/mol. The third kappa shape index (κ3) is 6.77. The van der Waals surface area contributed by atoms with Crippen molar-refractivity contribution in [2.45, 2.75) is 0 Å². The standard InChI is InChI=1S/2C12H10N2/c1-3-9-13-11(5-1)7-8-12-6-2-4-10-14-12;1(11-3-7-13-8-4-11)2-12-5-9-14-10-6-12/h2*1-10H. The second kappa shape index (κ2) is 10.9. The van der Waals surface area contributed by atoms with Crippen molar-refractivity contribution in [1.82, 2.24) is 19.9 Å². The van der Waals surface area contributed by atoms with Gasteiger partial charge in [-0.3, -0.25) is 19.9 Å². The topological polar surface area (TPSA) is 51.6 Å². The average molecular weight is 364 g/mol. The van der Waals surface area contributed by atoms with Gasteiger partial charge < -0.3 is 0 Å². The molecule has 136 valence electrons. The van der Waals surface area contributed by atoms with Gasteiger partial charge in [0.1, 0.15) is 0 Å². The molecule has 0 fully saturated rings. The van der Waals surface area contributed by atoms with Crippen molar-refractivity contribution in [3.8, 4) is 0 Å². The smallest absolute Gasteiger partial charge is 0.0630 e. The van der Waals surface area contributed by atoms with E-state index < -0.39 is 0 Å². The van der Waals surface area contributed by atoms with Crippen LogP contribution < -0.4 is 0 Å². The molecule has 4 rings (SSSR count). The molecule has 0 atom stereocenters. The molecule has 0 saturated heterocycles. The number of nitrogens with zero attached hydrogens (tertiary/aromatic N) is 4. The molecule has 0 aromatic carbocycles. The highest BCUT2D eigenvalue weighted by atomic mass is 14.7. The summed E-state index contributed by atoms with van der Waals surface area (Å²) in [6.07, 6.45) is 18.7. The Morgan fingerprint density at radius 3 is 1.21 bits per heavy atom. The molecule has 0 bridgehead atoms. The number of hydrogen-bond acceptors (Lipinski definition) is 4. The minimum Gasteiger partial charge on any atom is -0.265 e. The molecule has 4 heterocycles. The first kappa shape index (κ1) is 18.9. The summed E-state index contributed by atoms with van der Waals surface area (Å²) in [6.45, 7) is 0. The van der Waals surface area contributed by atoms with Crippen LogP contribution in [-0.2, 0) is 0 Å². The summed E-state index contributed by atoms with van der Waals surface area (Å²) in [5, 5.41) is 0. The first-order valence-corrected chi connectivity index (χ1v) is 8.88. The van der Waals surface area contributed by atoms with Crippen molar-refractivity contribution in [1.29, 1.82) is 0 Å².